The average molecular weight is 216 g/mol. The normalized spacial score (nSPS) is 39.8. The molecule has 0 unspecified atom stereocenters. The van der Waals surface area contributed by atoms with Crippen LogP contribution in [0.4, 0.5) is 0 Å². The maximum absolute atomic E-state index is 6.22. The second-order valence-electron chi connectivity index (χ2n) is 5.36. The van der Waals surface area contributed by atoms with Gasteiger partial charge in [-0.3, -0.25) is 4.90 Å². The van der Waals surface area contributed by atoms with E-state index in [2.05, 4.69) is 16.0 Å². The van der Waals surface area contributed by atoms with Gasteiger partial charge in [0.1, 0.15) is 5.60 Å². The van der Waals surface area contributed by atoms with Crippen LogP contribution in [-0.4, -0.2) is 35.1 Å². The van der Waals surface area contributed by atoms with Crippen LogP contribution in [0, 0.1) is 5.92 Å². The van der Waals surface area contributed by atoms with Crippen LogP contribution in [0.15, 0.2) is 18.3 Å². The lowest BCUT2D eigenvalue weighted by atomic mass is 9.73. The molecular weight excluding hydrogens is 200 g/mol. The molecule has 5 heterocycles. The van der Waals surface area contributed by atoms with Gasteiger partial charge in [-0.15, -0.1) is 0 Å². The number of pyridine rings is 1. The van der Waals surface area contributed by atoms with Crippen molar-refractivity contribution in [2.75, 3.05) is 19.6 Å². The Morgan fingerprint density at radius 1 is 1.38 bits per heavy atom. The van der Waals surface area contributed by atoms with Gasteiger partial charge in [-0.25, -0.2) is 4.98 Å². The molecule has 0 aliphatic carbocycles. The second kappa shape index (κ2) is 2.98. The third kappa shape index (κ3) is 1.09. The Bertz CT molecular complexity index is 399. The van der Waals surface area contributed by atoms with Gasteiger partial charge in [0.15, 0.2) is 0 Å². The van der Waals surface area contributed by atoms with E-state index in [4.69, 9.17) is 4.74 Å². The van der Waals surface area contributed by atoms with Gasteiger partial charge in [-0.1, -0.05) is 6.07 Å². The van der Waals surface area contributed by atoms with Crippen molar-refractivity contribution in [3.05, 3.63) is 23.9 Å². The molecule has 0 amide bonds. The molecule has 3 heteroatoms. The van der Waals surface area contributed by atoms with Gasteiger partial charge in [-0.05, 0) is 32.0 Å². The van der Waals surface area contributed by atoms with E-state index in [0.29, 0.717) is 0 Å². The molecule has 1 aromatic heterocycles. The highest BCUT2D eigenvalue weighted by Crippen LogP contribution is 2.45. The van der Waals surface area contributed by atoms with Gasteiger partial charge >= 0.3 is 0 Å². The Morgan fingerprint density at radius 2 is 2.25 bits per heavy atom. The van der Waals surface area contributed by atoms with Crippen LogP contribution in [0.5, 0.6) is 5.88 Å². The molecule has 0 saturated carbocycles. The number of fused-ring (bicyclic) bond motifs is 3. The topological polar surface area (TPSA) is 25.4 Å². The summed E-state index contributed by atoms with van der Waals surface area (Å²) in [5.74, 6) is 1.63. The summed E-state index contributed by atoms with van der Waals surface area (Å²) in [7, 11) is 0. The largest absolute Gasteiger partial charge is 0.469 e. The van der Waals surface area contributed by atoms with Gasteiger partial charge < -0.3 is 4.74 Å². The van der Waals surface area contributed by atoms with E-state index in [1.807, 2.05) is 12.3 Å². The van der Waals surface area contributed by atoms with Gasteiger partial charge in [-0.2, -0.15) is 0 Å². The summed E-state index contributed by atoms with van der Waals surface area (Å²) in [6.07, 6.45) is 5.50. The molecule has 16 heavy (non-hydrogen) atoms. The quantitative estimate of drug-likeness (QED) is 0.657. The van der Waals surface area contributed by atoms with E-state index in [1.165, 1.54) is 31.5 Å². The maximum atomic E-state index is 6.22. The lowest BCUT2D eigenvalue weighted by Gasteiger charge is -2.50. The highest BCUT2D eigenvalue weighted by molar-refractivity contribution is 5.34. The van der Waals surface area contributed by atoms with Gasteiger partial charge in [0.25, 0.3) is 0 Å². The van der Waals surface area contributed by atoms with E-state index in [1.54, 1.807) is 0 Å². The number of aromatic nitrogens is 1. The van der Waals surface area contributed by atoms with Crippen LogP contribution in [0.1, 0.15) is 18.4 Å². The maximum Gasteiger partial charge on any atom is 0.217 e. The van der Waals surface area contributed by atoms with Crippen LogP contribution in [0.25, 0.3) is 0 Å². The van der Waals surface area contributed by atoms with Crippen molar-refractivity contribution < 1.29 is 4.74 Å². The third-order valence-corrected chi connectivity index (χ3v) is 4.46. The number of ether oxygens (including phenoxy) is 1. The first-order valence-electron chi connectivity index (χ1n) is 6.21. The third-order valence-electron chi connectivity index (χ3n) is 4.46. The average Bonchev–Trinajstić information content (AvgIpc) is 2.68. The summed E-state index contributed by atoms with van der Waals surface area (Å²) in [4.78, 5) is 6.90. The molecule has 5 rings (SSSR count). The minimum absolute atomic E-state index is 0.0627. The first kappa shape index (κ1) is 8.99. The summed E-state index contributed by atoms with van der Waals surface area (Å²) in [5, 5.41) is 0. The van der Waals surface area contributed by atoms with Crippen LogP contribution in [-0.2, 0) is 6.42 Å². The molecular formula is C13H16N2O. The van der Waals surface area contributed by atoms with Crippen LogP contribution in [0.3, 0.4) is 0 Å². The lowest BCUT2D eigenvalue weighted by molar-refractivity contribution is -0.0814. The Labute approximate surface area is 95.4 Å². The van der Waals surface area contributed by atoms with Crippen molar-refractivity contribution in [3.8, 4) is 5.88 Å². The summed E-state index contributed by atoms with van der Waals surface area (Å²) in [6, 6.07) is 4.18. The fourth-order valence-electron chi connectivity index (χ4n) is 3.64. The predicted octanol–water partition coefficient (Wildman–Crippen LogP) is 1.48. The first-order valence-corrected chi connectivity index (χ1v) is 6.21. The molecule has 1 aromatic rings. The summed E-state index contributed by atoms with van der Waals surface area (Å²) in [5.41, 5.74) is 1.36. The van der Waals surface area contributed by atoms with Crippen molar-refractivity contribution in [1.82, 2.24) is 9.88 Å². The smallest absolute Gasteiger partial charge is 0.217 e. The zero-order valence-corrected chi connectivity index (χ0v) is 9.35. The predicted molar refractivity (Wildman–Crippen MR) is 60.5 cm³/mol. The van der Waals surface area contributed by atoms with Crippen LogP contribution in [0.2, 0.25) is 0 Å². The Balaban J connectivity index is 1.72. The molecule has 3 nitrogen and oxygen atoms in total. The van der Waals surface area contributed by atoms with Crippen molar-refractivity contribution >= 4 is 0 Å². The summed E-state index contributed by atoms with van der Waals surface area (Å²) >= 11 is 0. The van der Waals surface area contributed by atoms with Crippen LogP contribution < -0.4 is 4.74 Å². The minimum Gasteiger partial charge on any atom is -0.469 e. The second-order valence-corrected chi connectivity index (χ2v) is 5.36. The number of hydrogen-bond donors (Lipinski definition) is 0. The van der Waals surface area contributed by atoms with E-state index in [-0.39, 0.29) is 5.60 Å². The lowest BCUT2D eigenvalue weighted by Crippen LogP contribution is -2.61. The molecule has 1 atom stereocenters. The standard InChI is InChI=1S/C13H16N2O/c1-2-10-8-13(16-12(10)14-5-1)9-15-6-3-11(13)4-7-15/h1-2,5,11H,3-4,6-9H2/t13-/m1/s1. The fourth-order valence-corrected chi connectivity index (χ4v) is 3.64. The Kier molecular flexibility index (Phi) is 1.67. The van der Waals surface area contributed by atoms with Crippen molar-refractivity contribution in [2.45, 2.75) is 24.9 Å². The van der Waals surface area contributed by atoms with Gasteiger partial charge in [0.2, 0.25) is 5.88 Å². The van der Waals surface area contributed by atoms with Crippen LogP contribution >= 0.6 is 0 Å². The monoisotopic (exact) mass is 216 g/mol. The Morgan fingerprint density at radius 3 is 2.94 bits per heavy atom. The minimum atomic E-state index is 0.0627. The fraction of sp³-hybridized carbons (Fsp3) is 0.615. The highest BCUT2D eigenvalue weighted by atomic mass is 16.5. The van der Waals surface area contributed by atoms with E-state index >= 15 is 0 Å². The Hall–Kier alpha value is -1.09. The molecule has 3 saturated heterocycles. The van der Waals surface area contributed by atoms with Gasteiger partial charge in [0.05, 0.1) is 0 Å². The molecule has 4 aliphatic heterocycles. The zero-order chi connectivity index (χ0) is 10.6. The summed E-state index contributed by atoms with van der Waals surface area (Å²) in [6.45, 7) is 3.63. The van der Waals surface area contributed by atoms with E-state index < -0.39 is 0 Å². The molecule has 2 bridgehead atoms. The number of piperidine rings is 3. The first-order chi connectivity index (χ1) is 7.86. The van der Waals surface area contributed by atoms with Gasteiger partial charge in [0, 0.05) is 30.6 Å². The van der Waals surface area contributed by atoms with Crippen molar-refractivity contribution in [2.24, 2.45) is 5.92 Å². The molecule has 0 N–H and O–H groups in total. The molecule has 1 spiro atoms. The molecule has 84 valence electrons. The summed E-state index contributed by atoms with van der Waals surface area (Å²) < 4.78 is 6.22. The van der Waals surface area contributed by atoms with Crippen molar-refractivity contribution in [3.63, 3.8) is 0 Å². The van der Waals surface area contributed by atoms with Crippen molar-refractivity contribution in [1.29, 1.82) is 0 Å². The molecule has 0 aromatic carbocycles. The molecule has 4 aliphatic rings. The molecule has 0 radical (unpaired) electrons. The SMILES string of the molecule is c1cnc2c(c1)C[C@]1(CN3CCC1CC3)O2. The zero-order valence-electron chi connectivity index (χ0n) is 9.35. The highest BCUT2D eigenvalue weighted by Gasteiger charge is 2.52. The van der Waals surface area contributed by atoms with E-state index in [9.17, 15) is 0 Å². The number of nitrogens with zero attached hydrogens (tertiary/aromatic N) is 2. The molecule has 3 fully saturated rings. The van der Waals surface area contributed by atoms with E-state index in [0.717, 1.165) is 24.8 Å². The number of rotatable bonds is 0. The number of hydrogen-bond acceptors (Lipinski definition) is 3.